The molecule has 0 aromatic heterocycles. The van der Waals surface area contributed by atoms with E-state index in [-0.39, 0.29) is 18.8 Å². The van der Waals surface area contributed by atoms with Crippen molar-refractivity contribution in [1.29, 1.82) is 0 Å². The highest BCUT2D eigenvalue weighted by Crippen LogP contribution is 2.27. The zero-order chi connectivity index (χ0) is 14.3. The third kappa shape index (κ3) is 3.37. The Morgan fingerprint density at radius 1 is 1.47 bits per heavy atom. The molecule has 1 unspecified atom stereocenters. The number of carbonyl (C=O) groups is 1. The summed E-state index contributed by atoms with van der Waals surface area (Å²) in [6.07, 6.45) is 0.323. The maximum Gasteiger partial charge on any atom is 0.328 e. The Hall–Kier alpha value is -2.24. The van der Waals surface area contributed by atoms with Gasteiger partial charge in [0.1, 0.15) is 11.3 Å². The van der Waals surface area contributed by atoms with Crippen LogP contribution in [0.4, 0.5) is 0 Å². The van der Waals surface area contributed by atoms with Crippen molar-refractivity contribution in [2.45, 2.75) is 18.9 Å². The van der Waals surface area contributed by atoms with Crippen molar-refractivity contribution < 1.29 is 15.0 Å². The Labute approximate surface area is 110 Å². The summed E-state index contributed by atoms with van der Waals surface area (Å²) in [6, 6.07) is 6.01. The number of nitrogens with zero attached hydrogens (tertiary/aromatic N) is 3. The smallest absolute Gasteiger partial charge is 0.328 e. The minimum Gasteiger partial charge on any atom is -0.508 e. The minimum atomic E-state index is -1.25. The first-order valence-electron chi connectivity index (χ1n) is 5.85. The standard InChI is InChI=1S/C12H16N4O3/c1-2-12(11(18)19,14-7-8-15-16-13)9-3-5-10(17)6-4-9/h3-6,14,17H,2,7-8H2,1H3,(H,18,19). The van der Waals surface area contributed by atoms with Gasteiger partial charge in [0, 0.05) is 18.0 Å². The maximum atomic E-state index is 11.6. The second-order valence-electron chi connectivity index (χ2n) is 3.99. The number of nitrogens with one attached hydrogen (secondary N) is 1. The number of azide groups is 1. The van der Waals surface area contributed by atoms with Gasteiger partial charge in [0.15, 0.2) is 0 Å². The highest BCUT2D eigenvalue weighted by Gasteiger charge is 2.37. The molecular formula is C12H16N4O3. The van der Waals surface area contributed by atoms with Crippen LogP contribution in [0.2, 0.25) is 0 Å². The van der Waals surface area contributed by atoms with Crippen molar-refractivity contribution in [3.8, 4) is 5.75 Å². The van der Waals surface area contributed by atoms with E-state index < -0.39 is 11.5 Å². The number of aliphatic carboxylic acids is 1. The first-order chi connectivity index (χ1) is 9.06. The monoisotopic (exact) mass is 264 g/mol. The first-order valence-corrected chi connectivity index (χ1v) is 5.85. The van der Waals surface area contributed by atoms with Crippen LogP contribution in [0, 0.1) is 0 Å². The first kappa shape index (κ1) is 14.8. The van der Waals surface area contributed by atoms with Crippen LogP contribution >= 0.6 is 0 Å². The van der Waals surface area contributed by atoms with E-state index in [1.807, 2.05) is 0 Å². The number of rotatable bonds is 7. The van der Waals surface area contributed by atoms with Gasteiger partial charge in [0.2, 0.25) is 0 Å². The Kier molecular flexibility index (Phi) is 5.17. The summed E-state index contributed by atoms with van der Waals surface area (Å²) in [5.41, 5.74) is 7.49. The fraction of sp³-hybridized carbons (Fsp3) is 0.417. The summed E-state index contributed by atoms with van der Waals surface area (Å²) in [5, 5.41) is 25.0. The number of hydrogen-bond acceptors (Lipinski definition) is 4. The lowest BCUT2D eigenvalue weighted by atomic mass is 9.87. The number of hydrogen-bond donors (Lipinski definition) is 3. The van der Waals surface area contributed by atoms with E-state index in [1.165, 1.54) is 12.1 Å². The van der Waals surface area contributed by atoms with Gasteiger partial charge in [-0.2, -0.15) is 0 Å². The van der Waals surface area contributed by atoms with Crippen molar-refractivity contribution in [3.05, 3.63) is 40.3 Å². The average molecular weight is 264 g/mol. The highest BCUT2D eigenvalue weighted by molar-refractivity contribution is 5.80. The number of carboxylic acids is 1. The molecule has 1 aromatic rings. The molecule has 0 spiro atoms. The lowest BCUT2D eigenvalue weighted by Crippen LogP contribution is -2.49. The SMILES string of the molecule is CCC(NCCN=[N+]=[N-])(C(=O)O)c1ccc(O)cc1. The molecule has 0 aliphatic rings. The molecule has 7 heteroatoms. The van der Waals surface area contributed by atoms with Gasteiger partial charge in [-0.3, -0.25) is 5.32 Å². The van der Waals surface area contributed by atoms with Gasteiger partial charge in [-0.15, -0.1) is 0 Å². The lowest BCUT2D eigenvalue weighted by molar-refractivity contribution is -0.145. The Morgan fingerprint density at radius 2 is 2.11 bits per heavy atom. The van der Waals surface area contributed by atoms with Crippen LogP contribution < -0.4 is 5.32 Å². The Balaban J connectivity index is 3.01. The Bertz CT molecular complexity index is 482. The van der Waals surface area contributed by atoms with Crippen molar-refractivity contribution in [2.24, 2.45) is 5.11 Å². The average Bonchev–Trinajstić information content (AvgIpc) is 2.40. The highest BCUT2D eigenvalue weighted by atomic mass is 16.4. The predicted octanol–water partition coefficient (Wildman–Crippen LogP) is 1.98. The molecule has 0 aliphatic carbocycles. The molecule has 0 saturated carbocycles. The number of phenolic OH excluding ortho intramolecular Hbond substituents is 1. The predicted molar refractivity (Wildman–Crippen MR) is 69.7 cm³/mol. The van der Waals surface area contributed by atoms with E-state index in [4.69, 9.17) is 5.53 Å². The fourth-order valence-corrected chi connectivity index (χ4v) is 1.89. The van der Waals surface area contributed by atoms with Crippen molar-refractivity contribution in [3.63, 3.8) is 0 Å². The van der Waals surface area contributed by atoms with E-state index in [9.17, 15) is 15.0 Å². The van der Waals surface area contributed by atoms with Crippen LogP contribution in [-0.2, 0) is 10.3 Å². The molecule has 0 amide bonds. The van der Waals surface area contributed by atoms with Crippen LogP contribution in [0.3, 0.4) is 0 Å². The van der Waals surface area contributed by atoms with Gasteiger partial charge in [-0.1, -0.05) is 24.2 Å². The maximum absolute atomic E-state index is 11.6. The molecule has 3 N–H and O–H groups in total. The molecule has 19 heavy (non-hydrogen) atoms. The fourth-order valence-electron chi connectivity index (χ4n) is 1.89. The molecule has 0 heterocycles. The van der Waals surface area contributed by atoms with Crippen molar-refractivity contribution in [2.75, 3.05) is 13.1 Å². The minimum absolute atomic E-state index is 0.0771. The molecule has 0 aliphatic heterocycles. The zero-order valence-electron chi connectivity index (χ0n) is 10.6. The second kappa shape index (κ2) is 6.63. The number of aromatic hydroxyl groups is 1. The van der Waals surface area contributed by atoms with Crippen LogP contribution in [0.15, 0.2) is 29.4 Å². The summed E-state index contributed by atoms with van der Waals surface area (Å²) < 4.78 is 0. The molecule has 7 nitrogen and oxygen atoms in total. The van der Waals surface area contributed by atoms with Crippen molar-refractivity contribution in [1.82, 2.24) is 5.32 Å². The van der Waals surface area contributed by atoms with Crippen LogP contribution in [0.5, 0.6) is 5.75 Å². The van der Waals surface area contributed by atoms with E-state index >= 15 is 0 Å². The summed E-state index contributed by atoms with van der Waals surface area (Å²) in [5.74, 6) is -0.935. The van der Waals surface area contributed by atoms with Gasteiger partial charge in [0.25, 0.3) is 0 Å². The van der Waals surface area contributed by atoms with Gasteiger partial charge < -0.3 is 10.2 Å². The van der Waals surface area contributed by atoms with Gasteiger partial charge in [-0.25, -0.2) is 4.79 Å². The zero-order valence-corrected chi connectivity index (χ0v) is 10.6. The molecule has 0 fully saturated rings. The topological polar surface area (TPSA) is 118 Å². The number of carboxylic acid groups (broad SMARTS) is 1. The molecule has 1 atom stereocenters. The van der Waals surface area contributed by atoms with Crippen molar-refractivity contribution >= 4 is 5.97 Å². The number of phenols is 1. The normalized spacial score (nSPS) is 13.3. The van der Waals surface area contributed by atoms with Gasteiger partial charge in [-0.05, 0) is 29.6 Å². The third-order valence-electron chi connectivity index (χ3n) is 2.96. The van der Waals surface area contributed by atoms with E-state index in [2.05, 4.69) is 15.3 Å². The summed E-state index contributed by atoms with van der Waals surface area (Å²) in [7, 11) is 0. The molecule has 102 valence electrons. The lowest BCUT2D eigenvalue weighted by Gasteiger charge is -2.30. The molecule has 1 aromatic carbocycles. The third-order valence-corrected chi connectivity index (χ3v) is 2.96. The molecule has 0 saturated heterocycles. The van der Waals surface area contributed by atoms with Crippen LogP contribution in [0.1, 0.15) is 18.9 Å². The van der Waals surface area contributed by atoms with Gasteiger partial charge in [0.05, 0.1) is 0 Å². The molecule has 1 rings (SSSR count). The summed E-state index contributed by atoms with van der Waals surface area (Å²) >= 11 is 0. The molecule has 0 radical (unpaired) electrons. The quantitative estimate of drug-likeness (QED) is 0.302. The summed E-state index contributed by atoms with van der Waals surface area (Å²) in [4.78, 5) is 14.2. The second-order valence-corrected chi connectivity index (χ2v) is 3.99. The van der Waals surface area contributed by atoms with E-state index in [0.717, 1.165) is 0 Å². The molecular weight excluding hydrogens is 248 g/mol. The van der Waals surface area contributed by atoms with Crippen LogP contribution in [-0.4, -0.2) is 29.3 Å². The van der Waals surface area contributed by atoms with E-state index in [1.54, 1.807) is 19.1 Å². The largest absolute Gasteiger partial charge is 0.508 e. The Morgan fingerprint density at radius 3 is 2.58 bits per heavy atom. The van der Waals surface area contributed by atoms with Crippen LogP contribution in [0.25, 0.3) is 10.4 Å². The van der Waals surface area contributed by atoms with Gasteiger partial charge >= 0.3 is 5.97 Å². The molecule has 0 bridgehead atoms. The number of benzene rings is 1. The van der Waals surface area contributed by atoms with E-state index in [0.29, 0.717) is 12.0 Å². The summed E-state index contributed by atoms with van der Waals surface area (Å²) in [6.45, 7) is 2.18.